The molecule has 1 saturated heterocycles. The first-order valence-corrected chi connectivity index (χ1v) is 10.6. The van der Waals surface area contributed by atoms with Crippen LogP contribution in [0.25, 0.3) is 11.1 Å². The van der Waals surface area contributed by atoms with E-state index in [2.05, 4.69) is 0 Å². The highest BCUT2D eigenvalue weighted by atomic mass is 32.2. The van der Waals surface area contributed by atoms with Crippen LogP contribution in [0.1, 0.15) is 51.7 Å². The van der Waals surface area contributed by atoms with E-state index in [1.54, 1.807) is 39.8 Å². The van der Waals surface area contributed by atoms with Crippen molar-refractivity contribution in [1.29, 1.82) is 0 Å². The van der Waals surface area contributed by atoms with Crippen LogP contribution in [-0.4, -0.2) is 25.3 Å². The average Bonchev–Trinajstić information content (AvgIpc) is 2.67. The second kappa shape index (κ2) is 7.03. The second-order valence-electron chi connectivity index (χ2n) is 8.22. The Hall–Kier alpha value is -2.14. The molecule has 28 heavy (non-hydrogen) atoms. The molecule has 5 heteroatoms. The summed E-state index contributed by atoms with van der Waals surface area (Å²) in [7, 11) is -1.60. The van der Waals surface area contributed by atoms with Crippen molar-refractivity contribution in [1.82, 2.24) is 0 Å². The summed E-state index contributed by atoms with van der Waals surface area (Å²) in [6, 6.07) is 11.8. The third-order valence-electron chi connectivity index (χ3n) is 5.65. The largest absolute Gasteiger partial charge is 0.297 e. The summed E-state index contributed by atoms with van der Waals surface area (Å²) in [6.07, 6.45) is 0.644. The summed E-state index contributed by atoms with van der Waals surface area (Å²) in [4.78, 5) is 26.3. The summed E-state index contributed by atoms with van der Waals surface area (Å²) in [6.45, 7) is 8.60. The van der Waals surface area contributed by atoms with E-state index in [0.29, 0.717) is 12.0 Å². The van der Waals surface area contributed by atoms with E-state index in [0.717, 1.165) is 16.7 Å². The Bertz CT molecular complexity index is 944. The molecule has 0 N–H and O–H groups in total. The highest BCUT2D eigenvalue weighted by Crippen LogP contribution is 2.42. The summed E-state index contributed by atoms with van der Waals surface area (Å²) in [5.74, 6) is -1.80. The molecule has 0 atom stereocenters. The van der Waals surface area contributed by atoms with Crippen molar-refractivity contribution >= 4 is 22.4 Å². The van der Waals surface area contributed by atoms with Gasteiger partial charge in [-0.1, -0.05) is 37.3 Å². The van der Waals surface area contributed by atoms with Gasteiger partial charge in [0.25, 0.3) is 0 Å². The van der Waals surface area contributed by atoms with Crippen LogP contribution in [0.2, 0.25) is 0 Å². The normalized spacial score (nSPS) is 23.6. The fourth-order valence-corrected chi connectivity index (χ4v) is 5.81. The van der Waals surface area contributed by atoms with Gasteiger partial charge in [0, 0.05) is 10.8 Å². The van der Waals surface area contributed by atoms with E-state index in [-0.39, 0.29) is 17.4 Å². The first-order chi connectivity index (χ1) is 13.0. The maximum Gasteiger partial charge on any atom is 0.165 e. The van der Waals surface area contributed by atoms with Crippen molar-refractivity contribution in [2.24, 2.45) is 0 Å². The third kappa shape index (κ3) is 3.16. The van der Waals surface area contributed by atoms with Crippen molar-refractivity contribution in [3.05, 3.63) is 59.4 Å². The molecule has 1 fully saturated rings. The lowest BCUT2D eigenvalue weighted by Crippen LogP contribution is -2.59. The van der Waals surface area contributed by atoms with E-state index in [4.69, 9.17) is 0 Å². The van der Waals surface area contributed by atoms with E-state index < -0.39 is 26.2 Å². The van der Waals surface area contributed by atoms with Crippen molar-refractivity contribution < 1.29 is 18.2 Å². The van der Waals surface area contributed by atoms with Gasteiger partial charge in [-0.25, -0.2) is 4.39 Å². The van der Waals surface area contributed by atoms with E-state index >= 15 is 0 Å². The number of ketones is 2. The van der Waals surface area contributed by atoms with Crippen LogP contribution in [0.5, 0.6) is 0 Å². The Morgan fingerprint density at radius 3 is 1.89 bits per heavy atom. The van der Waals surface area contributed by atoms with Crippen LogP contribution in [0.4, 0.5) is 4.39 Å². The molecule has 148 valence electrons. The van der Waals surface area contributed by atoms with E-state index in [9.17, 15) is 18.2 Å². The molecule has 0 radical (unpaired) electrons. The second-order valence-corrected chi connectivity index (χ2v) is 10.8. The molecule has 0 bridgehead atoms. The molecule has 1 heterocycles. The Labute approximate surface area is 167 Å². The lowest BCUT2D eigenvalue weighted by atomic mass is 9.78. The van der Waals surface area contributed by atoms with Gasteiger partial charge in [0.15, 0.2) is 11.6 Å². The number of hydrogen-bond donors (Lipinski definition) is 0. The van der Waals surface area contributed by atoms with E-state index in [1.165, 1.54) is 12.1 Å². The number of Topliss-reactive ketones (excluding diaryl/α,β-unsaturated/α-hetero) is 2. The SMILES string of the molecule is CCc1cc(-c2ccc(F)cc2)ccc1C1C(=O)C(C)(C)S(=O)C(C)(C)C1=O. The first kappa shape index (κ1) is 20.6. The minimum absolute atomic E-state index is 0.292. The molecular formula is C23H25FO3S. The molecule has 0 aromatic heterocycles. The molecule has 0 amide bonds. The van der Waals surface area contributed by atoms with Gasteiger partial charge in [0.1, 0.15) is 21.2 Å². The predicted octanol–water partition coefficient (Wildman–Crippen LogP) is 4.60. The number of rotatable bonds is 3. The van der Waals surface area contributed by atoms with Crippen molar-refractivity contribution in [2.75, 3.05) is 0 Å². The maximum absolute atomic E-state index is 13.2. The third-order valence-corrected chi connectivity index (χ3v) is 7.91. The summed E-state index contributed by atoms with van der Waals surface area (Å²) >= 11 is 0. The lowest BCUT2D eigenvalue weighted by molar-refractivity contribution is -0.132. The average molecular weight is 401 g/mol. The van der Waals surface area contributed by atoms with Crippen LogP contribution in [0.15, 0.2) is 42.5 Å². The molecule has 1 aliphatic heterocycles. The summed E-state index contributed by atoms with van der Waals surface area (Å²) in [5, 5.41) is 0. The predicted molar refractivity (Wildman–Crippen MR) is 110 cm³/mol. The molecule has 0 unspecified atom stereocenters. The number of carbonyl (C=O) groups excluding carboxylic acids is 2. The first-order valence-electron chi connectivity index (χ1n) is 9.41. The van der Waals surface area contributed by atoms with Crippen LogP contribution < -0.4 is 0 Å². The Morgan fingerprint density at radius 2 is 1.39 bits per heavy atom. The summed E-state index contributed by atoms with van der Waals surface area (Å²) in [5.41, 5.74) is 3.35. The van der Waals surface area contributed by atoms with Gasteiger partial charge in [-0.15, -0.1) is 0 Å². The molecule has 3 rings (SSSR count). The van der Waals surface area contributed by atoms with Crippen LogP contribution >= 0.6 is 0 Å². The zero-order valence-electron chi connectivity index (χ0n) is 16.8. The Kier molecular flexibility index (Phi) is 5.17. The molecule has 0 saturated carbocycles. The molecule has 0 spiro atoms. The highest BCUT2D eigenvalue weighted by molar-refractivity contribution is 7.89. The Balaban J connectivity index is 2.12. The standard InChI is InChI=1S/C23H25FO3S/c1-6-14-13-16(15-7-10-17(24)11-8-15)9-12-18(14)19-20(25)22(2,3)28(27)23(4,5)21(19)26/h7-13,19H,6H2,1-5H3. The van der Waals surface area contributed by atoms with Crippen molar-refractivity contribution in [2.45, 2.75) is 56.5 Å². The van der Waals surface area contributed by atoms with Gasteiger partial charge in [0.05, 0.1) is 0 Å². The lowest BCUT2D eigenvalue weighted by Gasteiger charge is -2.41. The van der Waals surface area contributed by atoms with Crippen LogP contribution in [0.3, 0.4) is 0 Å². The molecule has 3 nitrogen and oxygen atoms in total. The van der Waals surface area contributed by atoms with Gasteiger partial charge in [0.2, 0.25) is 0 Å². The molecule has 2 aromatic carbocycles. The Morgan fingerprint density at radius 1 is 0.893 bits per heavy atom. The molecule has 2 aromatic rings. The number of benzene rings is 2. The van der Waals surface area contributed by atoms with Gasteiger partial charge in [-0.05, 0) is 68.5 Å². The van der Waals surface area contributed by atoms with Gasteiger partial charge in [-0.2, -0.15) is 0 Å². The van der Waals surface area contributed by atoms with Gasteiger partial charge < -0.3 is 0 Å². The zero-order chi connectivity index (χ0) is 20.9. The topological polar surface area (TPSA) is 51.2 Å². The smallest absolute Gasteiger partial charge is 0.165 e. The summed E-state index contributed by atoms with van der Waals surface area (Å²) < 4.78 is 23.9. The maximum atomic E-state index is 13.2. The number of halogens is 1. The highest BCUT2D eigenvalue weighted by Gasteiger charge is 2.57. The van der Waals surface area contributed by atoms with Gasteiger partial charge in [-0.3, -0.25) is 13.8 Å². The molecule has 0 aliphatic carbocycles. The number of carbonyl (C=O) groups is 2. The number of aryl methyl sites for hydroxylation is 1. The molecule has 1 aliphatic rings. The zero-order valence-corrected chi connectivity index (χ0v) is 17.7. The fraction of sp³-hybridized carbons (Fsp3) is 0.391. The van der Waals surface area contributed by atoms with Crippen molar-refractivity contribution in [3.8, 4) is 11.1 Å². The minimum Gasteiger partial charge on any atom is -0.297 e. The van der Waals surface area contributed by atoms with Crippen LogP contribution in [-0.2, 0) is 26.8 Å². The van der Waals surface area contributed by atoms with Gasteiger partial charge >= 0.3 is 0 Å². The monoisotopic (exact) mass is 400 g/mol. The quantitative estimate of drug-likeness (QED) is 0.708. The van der Waals surface area contributed by atoms with Crippen molar-refractivity contribution in [3.63, 3.8) is 0 Å². The van der Waals surface area contributed by atoms with Crippen LogP contribution in [0, 0.1) is 5.82 Å². The minimum atomic E-state index is -1.60. The molecular weight excluding hydrogens is 375 g/mol. The number of hydrogen-bond acceptors (Lipinski definition) is 3. The fourth-order valence-electron chi connectivity index (χ4n) is 3.93. The van der Waals surface area contributed by atoms with E-state index in [1.807, 2.05) is 25.1 Å².